The Labute approximate surface area is 91.7 Å². The van der Waals surface area contributed by atoms with E-state index in [1.807, 2.05) is 12.1 Å². The van der Waals surface area contributed by atoms with Gasteiger partial charge in [0, 0.05) is 17.1 Å². The van der Waals surface area contributed by atoms with Gasteiger partial charge in [0.15, 0.2) is 0 Å². The fourth-order valence-electron chi connectivity index (χ4n) is 1.68. The van der Waals surface area contributed by atoms with Crippen molar-refractivity contribution in [1.82, 2.24) is 5.32 Å². The first-order chi connectivity index (χ1) is 6.94. The average molecular weight is 209 g/mol. The SMILES string of the molecule is CCC(NC(C)(C)C)c1ccccc1F. The lowest BCUT2D eigenvalue weighted by Crippen LogP contribution is -2.38. The fourth-order valence-corrected chi connectivity index (χ4v) is 1.68. The van der Waals surface area contributed by atoms with Crippen molar-refractivity contribution in [2.45, 2.75) is 45.7 Å². The molecule has 0 aromatic heterocycles. The number of hydrogen-bond acceptors (Lipinski definition) is 1. The molecule has 0 amide bonds. The van der Waals surface area contributed by atoms with Crippen LogP contribution >= 0.6 is 0 Å². The van der Waals surface area contributed by atoms with Crippen LogP contribution in [0.25, 0.3) is 0 Å². The zero-order valence-electron chi connectivity index (χ0n) is 9.97. The molecule has 1 N–H and O–H groups in total. The molecule has 0 fully saturated rings. The van der Waals surface area contributed by atoms with Crippen LogP contribution in [0.15, 0.2) is 24.3 Å². The summed E-state index contributed by atoms with van der Waals surface area (Å²) in [4.78, 5) is 0. The van der Waals surface area contributed by atoms with E-state index in [0.29, 0.717) is 0 Å². The first-order valence-electron chi connectivity index (χ1n) is 5.46. The number of benzene rings is 1. The molecule has 1 atom stereocenters. The van der Waals surface area contributed by atoms with Crippen molar-refractivity contribution in [3.63, 3.8) is 0 Å². The van der Waals surface area contributed by atoms with Crippen LogP contribution in [0.5, 0.6) is 0 Å². The zero-order chi connectivity index (χ0) is 11.5. The third kappa shape index (κ3) is 3.63. The van der Waals surface area contributed by atoms with Gasteiger partial charge in [-0.05, 0) is 33.3 Å². The molecule has 0 saturated heterocycles. The van der Waals surface area contributed by atoms with Gasteiger partial charge < -0.3 is 5.32 Å². The predicted molar refractivity (Wildman–Crippen MR) is 62.3 cm³/mol. The van der Waals surface area contributed by atoms with Crippen molar-refractivity contribution < 1.29 is 4.39 Å². The quantitative estimate of drug-likeness (QED) is 0.801. The second-order valence-corrected chi connectivity index (χ2v) is 4.88. The third-order valence-electron chi connectivity index (χ3n) is 2.30. The summed E-state index contributed by atoms with van der Waals surface area (Å²) in [5, 5.41) is 3.42. The molecule has 0 aliphatic carbocycles. The Kier molecular flexibility index (Phi) is 3.86. The molecule has 1 aromatic rings. The second-order valence-electron chi connectivity index (χ2n) is 4.88. The minimum atomic E-state index is -0.124. The van der Waals surface area contributed by atoms with Gasteiger partial charge in [-0.1, -0.05) is 25.1 Å². The molecule has 1 aromatic carbocycles. The highest BCUT2D eigenvalue weighted by Crippen LogP contribution is 2.22. The molecule has 0 spiro atoms. The normalized spacial score (nSPS) is 13.9. The summed E-state index contributed by atoms with van der Waals surface area (Å²) in [6.07, 6.45) is 0.887. The highest BCUT2D eigenvalue weighted by molar-refractivity contribution is 5.21. The number of halogens is 1. The number of nitrogens with one attached hydrogen (secondary N) is 1. The van der Waals surface area contributed by atoms with Crippen LogP contribution in [0.2, 0.25) is 0 Å². The van der Waals surface area contributed by atoms with Gasteiger partial charge in [-0.3, -0.25) is 0 Å². The van der Waals surface area contributed by atoms with Crippen molar-refractivity contribution in [2.75, 3.05) is 0 Å². The summed E-state index contributed by atoms with van der Waals surface area (Å²) in [5.74, 6) is -0.124. The van der Waals surface area contributed by atoms with Gasteiger partial charge in [-0.15, -0.1) is 0 Å². The summed E-state index contributed by atoms with van der Waals surface area (Å²) >= 11 is 0. The van der Waals surface area contributed by atoms with E-state index in [1.54, 1.807) is 6.07 Å². The van der Waals surface area contributed by atoms with Gasteiger partial charge in [0.1, 0.15) is 5.82 Å². The number of rotatable bonds is 3. The summed E-state index contributed by atoms with van der Waals surface area (Å²) in [7, 11) is 0. The van der Waals surface area contributed by atoms with Gasteiger partial charge in [0.05, 0.1) is 0 Å². The molecule has 0 heterocycles. The maximum atomic E-state index is 13.6. The molecule has 0 bridgehead atoms. The van der Waals surface area contributed by atoms with Crippen molar-refractivity contribution in [3.05, 3.63) is 35.6 Å². The van der Waals surface area contributed by atoms with Crippen LogP contribution in [0.1, 0.15) is 45.7 Å². The fraction of sp³-hybridized carbons (Fsp3) is 0.538. The standard InChI is InChI=1S/C13H20FN/c1-5-12(15-13(2,3)4)10-8-6-7-9-11(10)14/h6-9,12,15H,5H2,1-4H3. The van der Waals surface area contributed by atoms with Crippen LogP contribution in [0, 0.1) is 5.82 Å². The van der Waals surface area contributed by atoms with E-state index in [-0.39, 0.29) is 17.4 Å². The Morgan fingerprint density at radius 3 is 2.33 bits per heavy atom. The topological polar surface area (TPSA) is 12.0 Å². The summed E-state index contributed by atoms with van der Waals surface area (Å²) in [5.41, 5.74) is 0.762. The lowest BCUT2D eigenvalue weighted by Gasteiger charge is -2.28. The van der Waals surface area contributed by atoms with Crippen LogP contribution in [0.3, 0.4) is 0 Å². The Balaban J connectivity index is 2.88. The largest absolute Gasteiger partial charge is 0.305 e. The molecular weight excluding hydrogens is 189 g/mol. The number of hydrogen-bond donors (Lipinski definition) is 1. The van der Waals surface area contributed by atoms with Crippen molar-refractivity contribution in [1.29, 1.82) is 0 Å². The molecule has 15 heavy (non-hydrogen) atoms. The maximum absolute atomic E-state index is 13.6. The highest BCUT2D eigenvalue weighted by atomic mass is 19.1. The Hall–Kier alpha value is -0.890. The van der Waals surface area contributed by atoms with Crippen LogP contribution in [-0.4, -0.2) is 5.54 Å². The molecule has 0 saturated carbocycles. The van der Waals surface area contributed by atoms with E-state index in [4.69, 9.17) is 0 Å². The van der Waals surface area contributed by atoms with Crippen molar-refractivity contribution in [2.24, 2.45) is 0 Å². The molecule has 0 aliphatic rings. The molecule has 84 valence electrons. The van der Waals surface area contributed by atoms with Crippen LogP contribution < -0.4 is 5.32 Å². The lowest BCUT2D eigenvalue weighted by atomic mass is 9.99. The van der Waals surface area contributed by atoms with E-state index >= 15 is 0 Å². The van der Waals surface area contributed by atoms with E-state index in [9.17, 15) is 4.39 Å². The molecular formula is C13H20FN. The van der Waals surface area contributed by atoms with Gasteiger partial charge in [0.2, 0.25) is 0 Å². The van der Waals surface area contributed by atoms with Gasteiger partial charge in [-0.2, -0.15) is 0 Å². The minimum Gasteiger partial charge on any atom is -0.305 e. The van der Waals surface area contributed by atoms with Gasteiger partial charge in [-0.25, -0.2) is 4.39 Å². The highest BCUT2D eigenvalue weighted by Gasteiger charge is 2.19. The van der Waals surface area contributed by atoms with E-state index in [0.717, 1.165) is 12.0 Å². The Morgan fingerprint density at radius 2 is 1.87 bits per heavy atom. The first-order valence-corrected chi connectivity index (χ1v) is 5.46. The van der Waals surface area contributed by atoms with Crippen LogP contribution in [0.4, 0.5) is 4.39 Å². The summed E-state index contributed by atoms with van der Waals surface area (Å²) in [6, 6.07) is 7.06. The molecule has 0 radical (unpaired) electrons. The Bertz CT molecular complexity index is 315. The molecule has 1 nitrogen and oxygen atoms in total. The second kappa shape index (κ2) is 4.75. The lowest BCUT2D eigenvalue weighted by molar-refractivity contribution is 0.350. The molecule has 2 heteroatoms. The van der Waals surface area contributed by atoms with Gasteiger partial charge >= 0.3 is 0 Å². The zero-order valence-corrected chi connectivity index (χ0v) is 9.97. The molecule has 0 aliphatic heterocycles. The smallest absolute Gasteiger partial charge is 0.127 e. The Morgan fingerprint density at radius 1 is 1.27 bits per heavy atom. The van der Waals surface area contributed by atoms with E-state index in [1.165, 1.54) is 6.07 Å². The van der Waals surface area contributed by atoms with Crippen molar-refractivity contribution >= 4 is 0 Å². The average Bonchev–Trinajstić information content (AvgIpc) is 2.14. The third-order valence-corrected chi connectivity index (χ3v) is 2.30. The van der Waals surface area contributed by atoms with E-state index in [2.05, 4.69) is 33.0 Å². The monoisotopic (exact) mass is 209 g/mol. The first kappa shape index (κ1) is 12.2. The molecule has 1 rings (SSSR count). The van der Waals surface area contributed by atoms with Crippen molar-refractivity contribution in [3.8, 4) is 0 Å². The predicted octanol–water partition coefficient (Wildman–Crippen LogP) is 3.66. The summed E-state index contributed by atoms with van der Waals surface area (Å²) in [6.45, 7) is 8.35. The molecule has 1 unspecified atom stereocenters. The van der Waals surface area contributed by atoms with Crippen LogP contribution in [-0.2, 0) is 0 Å². The van der Waals surface area contributed by atoms with Gasteiger partial charge in [0.25, 0.3) is 0 Å². The summed E-state index contributed by atoms with van der Waals surface area (Å²) < 4.78 is 13.6. The maximum Gasteiger partial charge on any atom is 0.127 e. The minimum absolute atomic E-state index is 0.00293. The van der Waals surface area contributed by atoms with E-state index < -0.39 is 0 Å².